The number of benzene rings is 1. The Morgan fingerprint density at radius 2 is 1.91 bits per heavy atom. The summed E-state index contributed by atoms with van der Waals surface area (Å²) in [5.41, 5.74) is 9.55. The van der Waals surface area contributed by atoms with Gasteiger partial charge in [0.2, 0.25) is 5.91 Å². The number of nitrogens with two attached hydrogens (primary N) is 1. The molecule has 0 radical (unpaired) electrons. The molecule has 0 saturated heterocycles. The highest BCUT2D eigenvalue weighted by atomic mass is 16.1. The summed E-state index contributed by atoms with van der Waals surface area (Å²) >= 11 is 0. The van der Waals surface area contributed by atoms with Crippen LogP contribution in [0.1, 0.15) is 48.9 Å². The van der Waals surface area contributed by atoms with Gasteiger partial charge >= 0.3 is 0 Å². The molecule has 0 bridgehead atoms. The normalized spacial score (nSPS) is 12.4. The van der Waals surface area contributed by atoms with E-state index < -0.39 is 0 Å². The maximum atomic E-state index is 11.9. The number of nitrogens with zero attached hydrogens (tertiary/aromatic N) is 2. The number of rotatable bonds is 7. The number of aromatic nitrogens is 2. The Hall–Kier alpha value is -2.14. The summed E-state index contributed by atoms with van der Waals surface area (Å²) < 4.78 is 1.74. The van der Waals surface area contributed by atoms with Crippen LogP contribution in [-0.4, -0.2) is 22.2 Å². The zero-order valence-electron chi connectivity index (χ0n) is 14.1. The summed E-state index contributed by atoms with van der Waals surface area (Å²) in [4.78, 5) is 11.9. The van der Waals surface area contributed by atoms with Crippen molar-refractivity contribution in [3.8, 4) is 0 Å². The van der Waals surface area contributed by atoms with Gasteiger partial charge in [0.15, 0.2) is 0 Å². The number of nitrogens with one attached hydrogen (secondary N) is 1. The Kier molecular flexibility index (Phi) is 5.93. The fraction of sp³-hybridized carbons (Fsp3) is 0.444. The van der Waals surface area contributed by atoms with E-state index >= 15 is 0 Å². The van der Waals surface area contributed by atoms with Crippen molar-refractivity contribution in [3.05, 3.63) is 53.3 Å². The monoisotopic (exact) mass is 314 g/mol. The van der Waals surface area contributed by atoms with Crippen molar-refractivity contribution in [3.63, 3.8) is 0 Å². The van der Waals surface area contributed by atoms with Crippen LogP contribution in [0.2, 0.25) is 0 Å². The third kappa shape index (κ3) is 5.21. The zero-order chi connectivity index (χ0) is 16.8. The SMILES string of the molecule is CC(C)c1ccc(C(N)CNC(=O)CCc2cnn(C)c2)cc1. The lowest BCUT2D eigenvalue weighted by molar-refractivity contribution is -0.121. The second-order valence-electron chi connectivity index (χ2n) is 6.25. The molecule has 1 unspecified atom stereocenters. The fourth-order valence-electron chi connectivity index (χ4n) is 2.42. The van der Waals surface area contributed by atoms with Crippen LogP contribution in [-0.2, 0) is 18.3 Å². The van der Waals surface area contributed by atoms with Gasteiger partial charge in [0.25, 0.3) is 0 Å². The van der Waals surface area contributed by atoms with Crippen LogP contribution in [0.15, 0.2) is 36.7 Å². The van der Waals surface area contributed by atoms with Gasteiger partial charge in [0, 0.05) is 32.3 Å². The molecule has 0 spiro atoms. The topological polar surface area (TPSA) is 72.9 Å². The number of carbonyl (C=O) groups excluding carboxylic acids is 1. The molecule has 1 amide bonds. The highest BCUT2D eigenvalue weighted by Crippen LogP contribution is 2.17. The first-order chi connectivity index (χ1) is 11.0. The van der Waals surface area contributed by atoms with Gasteiger partial charge in [-0.05, 0) is 29.0 Å². The van der Waals surface area contributed by atoms with Gasteiger partial charge < -0.3 is 11.1 Å². The zero-order valence-corrected chi connectivity index (χ0v) is 14.1. The van der Waals surface area contributed by atoms with Crippen LogP contribution in [0.3, 0.4) is 0 Å². The highest BCUT2D eigenvalue weighted by molar-refractivity contribution is 5.76. The fourth-order valence-corrected chi connectivity index (χ4v) is 2.42. The van der Waals surface area contributed by atoms with Gasteiger partial charge in [0.1, 0.15) is 0 Å². The number of amides is 1. The Morgan fingerprint density at radius 3 is 2.48 bits per heavy atom. The lowest BCUT2D eigenvalue weighted by Crippen LogP contribution is -2.32. The molecule has 5 heteroatoms. The van der Waals surface area contributed by atoms with Gasteiger partial charge in [-0.1, -0.05) is 38.1 Å². The maximum absolute atomic E-state index is 11.9. The third-order valence-corrected chi connectivity index (χ3v) is 3.95. The number of hydrogen-bond acceptors (Lipinski definition) is 3. The van der Waals surface area contributed by atoms with Crippen molar-refractivity contribution in [2.45, 2.75) is 38.6 Å². The number of hydrogen-bond donors (Lipinski definition) is 2. The molecule has 1 aromatic heterocycles. The van der Waals surface area contributed by atoms with E-state index in [0.29, 0.717) is 25.3 Å². The van der Waals surface area contributed by atoms with Crippen molar-refractivity contribution in [1.29, 1.82) is 0 Å². The Balaban J connectivity index is 1.76. The molecule has 1 aromatic carbocycles. The van der Waals surface area contributed by atoms with E-state index in [0.717, 1.165) is 11.1 Å². The van der Waals surface area contributed by atoms with E-state index in [1.807, 2.05) is 25.4 Å². The lowest BCUT2D eigenvalue weighted by Gasteiger charge is -2.14. The molecule has 2 rings (SSSR count). The second-order valence-corrected chi connectivity index (χ2v) is 6.25. The molecule has 1 heterocycles. The van der Waals surface area contributed by atoms with Crippen LogP contribution in [0.25, 0.3) is 0 Å². The summed E-state index contributed by atoms with van der Waals surface area (Å²) in [7, 11) is 1.87. The third-order valence-electron chi connectivity index (χ3n) is 3.95. The van der Waals surface area contributed by atoms with Gasteiger partial charge in [-0.25, -0.2) is 0 Å². The Bertz CT molecular complexity index is 631. The lowest BCUT2D eigenvalue weighted by atomic mass is 9.99. The average molecular weight is 314 g/mol. The van der Waals surface area contributed by atoms with Crippen LogP contribution in [0, 0.1) is 0 Å². The molecule has 2 aromatic rings. The molecule has 124 valence electrons. The second kappa shape index (κ2) is 7.92. The van der Waals surface area contributed by atoms with E-state index in [1.165, 1.54) is 5.56 Å². The molecule has 0 fully saturated rings. The smallest absolute Gasteiger partial charge is 0.220 e. The molecule has 0 saturated carbocycles. The summed E-state index contributed by atoms with van der Waals surface area (Å²) in [5.74, 6) is 0.524. The minimum absolute atomic E-state index is 0.0168. The molecule has 23 heavy (non-hydrogen) atoms. The van der Waals surface area contributed by atoms with E-state index in [-0.39, 0.29) is 11.9 Å². The van der Waals surface area contributed by atoms with Gasteiger partial charge in [0.05, 0.1) is 6.20 Å². The minimum Gasteiger partial charge on any atom is -0.354 e. The molecule has 0 aliphatic heterocycles. The van der Waals surface area contributed by atoms with Crippen LogP contribution in [0.5, 0.6) is 0 Å². The summed E-state index contributed by atoms with van der Waals surface area (Å²) in [6, 6.07) is 8.11. The number of aryl methyl sites for hydroxylation is 2. The molecular formula is C18H26N4O. The summed E-state index contributed by atoms with van der Waals surface area (Å²) in [5, 5.41) is 7.00. The highest BCUT2D eigenvalue weighted by Gasteiger charge is 2.09. The Morgan fingerprint density at radius 1 is 1.26 bits per heavy atom. The summed E-state index contributed by atoms with van der Waals surface area (Å²) in [6.07, 6.45) is 4.85. The molecule has 0 aliphatic carbocycles. The standard InChI is InChI=1S/C18H26N4O/c1-13(2)15-5-7-16(8-6-15)17(19)11-20-18(23)9-4-14-10-21-22(3)12-14/h5-8,10,12-13,17H,4,9,11,19H2,1-3H3,(H,20,23). The molecule has 1 atom stereocenters. The predicted octanol–water partition coefficient (Wildman–Crippen LogP) is 2.29. The van der Waals surface area contributed by atoms with E-state index in [4.69, 9.17) is 5.73 Å². The van der Waals surface area contributed by atoms with E-state index in [9.17, 15) is 4.79 Å². The first-order valence-electron chi connectivity index (χ1n) is 8.05. The average Bonchev–Trinajstić information content (AvgIpc) is 2.96. The van der Waals surface area contributed by atoms with Crippen molar-refractivity contribution in [1.82, 2.24) is 15.1 Å². The van der Waals surface area contributed by atoms with Crippen LogP contribution >= 0.6 is 0 Å². The van der Waals surface area contributed by atoms with Crippen molar-refractivity contribution in [2.24, 2.45) is 12.8 Å². The predicted molar refractivity (Wildman–Crippen MR) is 92.0 cm³/mol. The maximum Gasteiger partial charge on any atom is 0.220 e. The largest absolute Gasteiger partial charge is 0.354 e. The first kappa shape index (κ1) is 17.2. The van der Waals surface area contributed by atoms with E-state index in [1.54, 1.807) is 10.9 Å². The van der Waals surface area contributed by atoms with Crippen molar-refractivity contribution < 1.29 is 4.79 Å². The first-order valence-corrected chi connectivity index (χ1v) is 8.05. The minimum atomic E-state index is -0.182. The summed E-state index contributed by atoms with van der Waals surface area (Å²) in [6.45, 7) is 4.78. The van der Waals surface area contributed by atoms with Crippen molar-refractivity contribution >= 4 is 5.91 Å². The van der Waals surface area contributed by atoms with Gasteiger partial charge in [-0.3, -0.25) is 9.48 Å². The van der Waals surface area contributed by atoms with Gasteiger partial charge in [-0.2, -0.15) is 5.10 Å². The quantitative estimate of drug-likeness (QED) is 0.823. The van der Waals surface area contributed by atoms with Crippen LogP contribution < -0.4 is 11.1 Å². The molecule has 3 N–H and O–H groups in total. The molecular weight excluding hydrogens is 288 g/mol. The van der Waals surface area contributed by atoms with Crippen molar-refractivity contribution in [2.75, 3.05) is 6.54 Å². The molecule has 0 aliphatic rings. The van der Waals surface area contributed by atoms with E-state index in [2.05, 4.69) is 36.4 Å². The molecule has 5 nitrogen and oxygen atoms in total. The Labute approximate surface area is 137 Å². The van der Waals surface area contributed by atoms with Gasteiger partial charge in [-0.15, -0.1) is 0 Å². The van der Waals surface area contributed by atoms with Crippen LogP contribution in [0.4, 0.5) is 0 Å². The number of carbonyl (C=O) groups is 1.